The standard InChI is InChI=1S/C10H14.C7H8.C4H10O/c1-3-9-7-5-6-8-10(9)4-2;1-7-5-3-2-4-6-7;1-4(2)3-5/h5-8H,3-4H2,1-2H3;2-6H,1H3;4-5H,3H2,1-2H3. The number of rotatable bonds is 3. The average molecular weight is 300 g/mol. The molecule has 1 N–H and O–H groups in total. The highest BCUT2D eigenvalue weighted by molar-refractivity contribution is 5.26. The van der Waals surface area contributed by atoms with Gasteiger partial charge in [-0.05, 0) is 36.8 Å². The predicted octanol–water partition coefficient (Wildman–Crippen LogP) is 5.44. The van der Waals surface area contributed by atoms with Crippen molar-refractivity contribution >= 4 is 0 Å². The minimum Gasteiger partial charge on any atom is -0.396 e. The van der Waals surface area contributed by atoms with Crippen molar-refractivity contribution in [2.24, 2.45) is 5.92 Å². The molecule has 0 unspecified atom stereocenters. The van der Waals surface area contributed by atoms with Gasteiger partial charge >= 0.3 is 0 Å². The number of aliphatic hydroxyl groups is 1. The van der Waals surface area contributed by atoms with Crippen LogP contribution in [0.3, 0.4) is 0 Å². The fraction of sp³-hybridized carbons (Fsp3) is 0.429. The summed E-state index contributed by atoms with van der Waals surface area (Å²) in [4.78, 5) is 0. The zero-order valence-corrected chi connectivity index (χ0v) is 14.8. The van der Waals surface area contributed by atoms with Crippen LogP contribution in [0.5, 0.6) is 0 Å². The molecule has 2 rings (SSSR count). The Bertz CT molecular complexity index is 451. The molecule has 2 aromatic carbocycles. The summed E-state index contributed by atoms with van der Waals surface area (Å²) in [6.45, 7) is 10.7. The van der Waals surface area contributed by atoms with Gasteiger partial charge in [0.15, 0.2) is 0 Å². The number of benzene rings is 2. The molecule has 0 saturated carbocycles. The molecule has 0 aliphatic rings. The third-order valence-electron chi connectivity index (χ3n) is 3.19. The normalized spacial score (nSPS) is 9.41. The van der Waals surface area contributed by atoms with Crippen molar-refractivity contribution in [3.8, 4) is 0 Å². The Morgan fingerprint density at radius 3 is 1.36 bits per heavy atom. The van der Waals surface area contributed by atoms with E-state index in [1.54, 1.807) is 0 Å². The van der Waals surface area contributed by atoms with E-state index in [0.717, 1.165) is 12.8 Å². The molecular formula is C21H32O. The van der Waals surface area contributed by atoms with E-state index >= 15 is 0 Å². The van der Waals surface area contributed by atoms with Gasteiger partial charge in [0.1, 0.15) is 0 Å². The van der Waals surface area contributed by atoms with Gasteiger partial charge in [-0.15, -0.1) is 0 Å². The zero-order valence-electron chi connectivity index (χ0n) is 14.8. The molecule has 1 heteroatoms. The van der Waals surface area contributed by atoms with Gasteiger partial charge in [-0.2, -0.15) is 0 Å². The van der Waals surface area contributed by atoms with Gasteiger partial charge in [-0.1, -0.05) is 87.9 Å². The Morgan fingerprint density at radius 1 is 0.773 bits per heavy atom. The van der Waals surface area contributed by atoms with Crippen LogP contribution in [0.4, 0.5) is 0 Å². The Kier molecular flexibility index (Phi) is 12.1. The summed E-state index contributed by atoms with van der Waals surface area (Å²) in [5.74, 6) is 0.440. The number of hydrogen-bond acceptors (Lipinski definition) is 1. The largest absolute Gasteiger partial charge is 0.396 e. The summed E-state index contributed by atoms with van der Waals surface area (Å²) < 4.78 is 0. The van der Waals surface area contributed by atoms with Crippen molar-refractivity contribution in [2.75, 3.05) is 6.61 Å². The van der Waals surface area contributed by atoms with Crippen LogP contribution in [0.2, 0.25) is 0 Å². The second-order valence-electron chi connectivity index (χ2n) is 5.71. The molecule has 0 radical (unpaired) electrons. The van der Waals surface area contributed by atoms with E-state index in [0.29, 0.717) is 12.5 Å². The molecule has 1 nitrogen and oxygen atoms in total. The SMILES string of the molecule is CC(C)CO.CCc1ccccc1CC.Cc1ccccc1. The first-order valence-electron chi connectivity index (χ1n) is 8.24. The molecule has 0 aromatic heterocycles. The Labute approximate surface area is 137 Å². The highest BCUT2D eigenvalue weighted by Crippen LogP contribution is 2.08. The molecule has 0 atom stereocenters. The zero-order chi connectivity index (χ0) is 16.8. The molecule has 0 fully saturated rings. The molecular weight excluding hydrogens is 268 g/mol. The van der Waals surface area contributed by atoms with Gasteiger partial charge in [-0.3, -0.25) is 0 Å². The molecule has 0 saturated heterocycles. The van der Waals surface area contributed by atoms with Crippen molar-refractivity contribution in [1.82, 2.24) is 0 Å². The van der Waals surface area contributed by atoms with E-state index < -0.39 is 0 Å². The van der Waals surface area contributed by atoms with Crippen molar-refractivity contribution in [3.05, 3.63) is 71.3 Å². The first-order chi connectivity index (χ1) is 10.5. The maximum atomic E-state index is 8.14. The lowest BCUT2D eigenvalue weighted by Crippen LogP contribution is -1.90. The van der Waals surface area contributed by atoms with Crippen molar-refractivity contribution in [1.29, 1.82) is 0 Å². The minimum absolute atomic E-state index is 0.306. The van der Waals surface area contributed by atoms with Crippen molar-refractivity contribution in [3.63, 3.8) is 0 Å². The summed E-state index contributed by atoms with van der Waals surface area (Å²) in [7, 11) is 0. The van der Waals surface area contributed by atoms with Gasteiger partial charge in [-0.25, -0.2) is 0 Å². The molecule has 2 aromatic rings. The van der Waals surface area contributed by atoms with Gasteiger partial charge in [0.2, 0.25) is 0 Å². The molecule has 22 heavy (non-hydrogen) atoms. The summed E-state index contributed by atoms with van der Waals surface area (Å²) in [5, 5.41) is 8.14. The van der Waals surface area contributed by atoms with Crippen LogP contribution in [0.15, 0.2) is 54.6 Å². The third kappa shape index (κ3) is 10.2. The van der Waals surface area contributed by atoms with Crippen LogP contribution >= 0.6 is 0 Å². The van der Waals surface area contributed by atoms with Crippen LogP contribution in [-0.4, -0.2) is 11.7 Å². The number of aryl methyl sites for hydroxylation is 3. The maximum Gasteiger partial charge on any atom is 0.0453 e. The van der Waals surface area contributed by atoms with Crippen molar-refractivity contribution < 1.29 is 5.11 Å². The summed E-state index contributed by atoms with van der Waals surface area (Å²) in [6.07, 6.45) is 2.31. The van der Waals surface area contributed by atoms with Crippen LogP contribution in [0.1, 0.15) is 44.4 Å². The van der Waals surface area contributed by atoms with Crippen LogP contribution < -0.4 is 0 Å². The fourth-order valence-corrected chi connectivity index (χ4v) is 1.78. The van der Waals surface area contributed by atoms with E-state index in [1.165, 1.54) is 16.7 Å². The highest BCUT2D eigenvalue weighted by atomic mass is 16.3. The second-order valence-corrected chi connectivity index (χ2v) is 5.71. The summed E-state index contributed by atoms with van der Waals surface area (Å²) in [5.41, 5.74) is 4.30. The van der Waals surface area contributed by atoms with E-state index in [-0.39, 0.29) is 0 Å². The minimum atomic E-state index is 0.306. The Balaban J connectivity index is 0.000000322. The van der Waals surface area contributed by atoms with E-state index in [4.69, 9.17) is 5.11 Å². The quantitative estimate of drug-likeness (QED) is 0.800. The van der Waals surface area contributed by atoms with E-state index in [2.05, 4.69) is 57.2 Å². The van der Waals surface area contributed by atoms with Crippen LogP contribution in [0.25, 0.3) is 0 Å². The summed E-state index contributed by atoms with van der Waals surface area (Å²) in [6, 6.07) is 18.9. The average Bonchev–Trinajstić information content (AvgIpc) is 2.56. The fourth-order valence-electron chi connectivity index (χ4n) is 1.78. The topological polar surface area (TPSA) is 20.2 Å². The Hall–Kier alpha value is -1.60. The number of hydrogen-bond donors (Lipinski definition) is 1. The molecule has 0 aliphatic heterocycles. The predicted molar refractivity (Wildman–Crippen MR) is 98.3 cm³/mol. The van der Waals surface area contributed by atoms with Crippen LogP contribution in [-0.2, 0) is 12.8 Å². The van der Waals surface area contributed by atoms with Crippen LogP contribution in [0, 0.1) is 12.8 Å². The lowest BCUT2D eigenvalue weighted by molar-refractivity contribution is 0.248. The van der Waals surface area contributed by atoms with Gasteiger partial charge in [0.05, 0.1) is 0 Å². The molecule has 0 bridgehead atoms. The lowest BCUT2D eigenvalue weighted by Gasteiger charge is -2.02. The monoisotopic (exact) mass is 300 g/mol. The second kappa shape index (κ2) is 13.1. The third-order valence-corrected chi connectivity index (χ3v) is 3.19. The molecule has 0 amide bonds. The van der Waals surface area contributed by atoms with E-state index in [1.807, 2.05) is 32.0 Å². The smallest absolute Gasteiger partial charge is 0.0453 e. The summed E-state index contributed by atoms with van der Waals surface area (Å²) >= 11 is 0. The molecule has 122 valence electrons. The van der Waals surface area contributed by atoms with Gasteiger partial charge in [0, 0.05) is 6.61 Å². The molecule has 0 aliphatic carbocycles. The van der Waals surface area contributed by atoms with Crippen molar-refractivity contribution in [2.45, 2.75) is 47.5 Å². The van der Waals surface area contributed by atoms with Gasteiger partial charge in [0.25, 0.3) is 0 Å². The highest BCUT2D eigenvalue weighted by Gasteiger charge is 1.93. The lowest BCUT2D eigenvalue weighted by atomic mass is 10.0. The first kappa shape index (κ1) is 20.4. The van der Waals surface area contributed by atoms with Gasteiger partial charge < -0.3 is 5.11 Å². The molecule has 0 heterocycles. The number of aliphatic hydroxyl groups excluding tert-OH is 1. The maximum absolute atomic E-state index is 8.14. The van der Waals surface area contributed by atoms with E-state index in [9.17, 15) is 0 Å². The first-order valence-corrected chi connectivity index (χ1v) is 8.24. The molecule has 0 spiro atoms. The Morgan fingerprint density at radius 2 is 1.14 bits per heavy atom.